The van der Waals surface area contributed by atoms with E-state index in [1.165, 1.54) is 24.3 Å². The molecule has 0 saturated carbocycles. The predicted octanol–water partition coefficient (Wildman–Crippen LogP) is 4.17. The zero-order valence-corrected chi connectivity index (χ0v) is 18.1. The lowest BCUT2D eigenvalue weighted by Gasteiger charge is -2.18. The van der Waals surface area contributed by atoms with Gasteiger partial charge < -0.3 is 10.0 Å². The number of carboxylic acids is 1. The molecule has 1 heterocycles. The third-order valence-electron chi connectivity index (χ3n) is 5.43. The first-order valence-electron chi connectivity index (χ1n) is 9.59. The SMILES string of the molecule is Cc1c(CC(=O)O)c2cc(F)ccc2n1S(=O)(=O)c1cccc2c(N(C)C)cccc12. The van der Waals surface area contributed by atoms with Crippen LogP contribution in [0.3, 0.4) is 0 Å². The minimum atomic E-state index is -4.11. The number of carbonyl (C=O) groups is 1. The molecule has 0 bridgehead atoms. The Hall–Kier alpha value is -3.39. The van der Waals surface area contributed by atoms with Crippen LogP contribution >= 0.6 is 0 Å². The molecule has 0 radical (unpaired) electrons. The van der Waals surface area contributed by atoms with Crippen molar-refractivity contribution in [1.82, 2.24) is 3.97 Å². The van der Waals surface area contributed by atoms with Crippen molar-refractivity contribution < 1.29 is 22.7 Å². The molecule has 31 heavy (non-hydrogen) atoms. The van der Waals surface area contributed by atoms with Crippen LogP contribution in [0.15, 0.2) is 59.5 Å². The predicted molar refractivity (Wildman–Crippen MR) is 119 cm³/mol. The standard InChI is InChI=1S/C23H21FN2O4S/c1-14-18(13-23(27)28)19-12-15(24)10-11-21(19)26(14)31(29,30)22-9-5-6-16-17(22)7-4-8-20(16)25(2)3/h4-12H,13H2,1-3H3,(H,27,28). The number of aliphatic carboxylic acids is 1. The second kappa shape index (κ2) is 7.39. The van der Waals surface area contributed by atoms with Crippen LogP contribution in [0.4, 0.5) is 10.1 Å². The fourth-order valence-electron chi connectivity index (χ4n) is 4.09. The summed E-state index contributed by atoms with van der Waals surface area (Å²) in [5, 5.41) is 10.9. The molecule has 1 N–H and O–H groups in total. The van der Waals surface area contributed by atoms with E-state index in [4.69, 9.17) is 0 Å². The van der Waals surface area contributed by atoms with E-state index >= 15 is 0 Å². The summed E-state index contributed by atoms with van der Waals surface area (Å²) in [6.45, 7) is 1.55. The van der Waals surface area contributed by atoms with Crippen molar-refractivity contribution in [2.45, 2.75) is 18.2 Å². The molecular weight excluding hydrogens is 419 g/mol. The van der Waals surface area contributed by atoms with Crippen LogP contribution in [0.5, 0.6) is 0 Å². The number of aromatic nitrogens is 1. The molecule has 0 saturated heterocycles. The van der Waals surface area contributed by atoms with Gasteiger partial charge in [0, 0.05) is 41.6 Å². The zero-order valence-electron chi connectivity index (χ0n) is 17.3. The highest BCUT2D eigenvalue weighted by Crippen LogP contribution is 2.35. The topological polar surface area (TPSA) is 79.6 Å². The molecule has 0 aliphatic carbocycles. The van der Waals surface area contributed by atoms with Crippen molar-refractivity contribution in [3.05, 3.63) is 71.7 Å². The van der Waals surface area contributed by atoms with Crippen LogP contribution in [0.2, 0.25) is 0 Å². The smallest absolute Gasteiger partial charge is 0.307 e. The summed E-state index contributed by atoms with van der Waals surface area (Å²) in [6.07, 6.45) is -0.408. The maximum Gasteiger partial charge on any atom is 0.307 e. The molecule has 4 rings (SSSR count). The largest absolute Gasteiger partial charge is 0.481 e. The molecule has 0 atom stereocenters. The third-order valence-corrected chi connectivity index (χ3v) is 7.29. The Morgan fingerprint density at radius 3 is 2.39 bits per heavy atom. The summed E-state index contributed by atoms with van der Waals surface area (Å²) >= 11 is 0. The number of halogens is 1. The van der Waals surface area contributed by atoms with Gasteiger partial charge in [-0.15, -0.1) is 0 Å². The summed E-state index contributed by atoms with van der Waals surface area (Å²) in [5.41, 5.74) is 1.65. The highest BCUT2D eigenvalue weighted by Gasteiger charge is 2.27. The molecule has 4 aromatic rings. The first kappa shape index (κ1) is 20.9. The Morgan fingerprint density at radius 2 is 1.71 bits per heavy atom. The Bertz CT molecular complexity index is 1460. The Labute approximate surface area is 179 Å². The Balaban J connectivity index is 2.07. The number of nitrogens with zero attached hydrogens (tertiary/aromatic N) is 2. The molecule has 0 fully saturated rings. The monoisotopic (exact) mass is 440 g/mol. The van der Waals surface area contributed by atoms with Crippen LogP contribution in [0, 0.1) is 12.7 Å². The van der Waals surface area contributed by atoms with Crippen LogP contribution in [0.25, 0.3) is 21.7 Å². The first-order valence-corrected chi connectivity index (χ1v) is 11.0. The fraction of sp³-hybridized carbons (Fsp3) is 0.174. The zero-order chi connectivity index (χ0) is 22.5. The van der Waals surface area contributed by atoms with E-state index < -0.39 is 28.2 Å². The van der Waals surface area contributed by atoms with Crippen molar-refractivity contribution >= 4 is 43.4 Å². The van der Waals surface area contributed by atoms with E-state index in [1.807, 2.05) is 31.1 Å². The second-order valence-corrected chi connectivity index (χ2v) is 9.34. The van der Waals surface area contributed by atoms with Crippen LogP contribution < -0.4 is 4.90 Å². The molecule has 3 aromatic carbocycles. The van der Waals surface area contributed by atoms with Crippen LogP contribution in [-0.2, 0) is 21.2 Å². The number of hydrogen-bond donors (Lipinski definition) is 1. The maximum atomic E-state index is 13.9. The van der Waals surface area contributed by atoms with Crippen molar-refractivity contribution in [2.24, 2.45) is 0 Å². The number of benzene rings is 3. The van der Waals surface area contributed by atoms with Crippen molar-refractivity contribution in [2.75, 3.05) is 19.0 Å². The average molecular weight is 440 g/mol. The van der Waals surface area contributed by atoms with Gasteiger partial charge >= 0.3 is 5.97 Å². The quantitative estimate of drug-likeness (QED) is 0.504. The number of hydrogen-bond acceptors (Lipinski definition) is 4. The summed E-state index contributed by atoms with van der Waals surface area (Å²) < 4.78 is 42.8. The van der Waals surface area contributed by atoms with E-state index in [0.29, 0.717) is 5.39 Å². The van der Waals surface area contributed by atoms with Gasteiger partial charge in [-0.2, -0.15) is 0 Å². The number of rotatable bonds is 5. The molecule has 8 heteroatoms. The van der Waals surface area contributed by atoms with Gasteiger partial charge in [0.05, 0.1) is 16.8 Å². The maximum absolute atomic E-state index is 13.9. The number of anilines is 1. The summed E-state index contributed by atoms with van der Waals surface area (Å²) in [5.74, 6) is -1.68. The van der Waals surface area contributed by atoms with Gasteiger partial charge in [-0.3, -0.25) is 4.79 Å². The molecule has 160 valence electrons. The number of carboxylic acid groups (broad SMARTS) is 1. The van der Waals surface area contributed by atoms with E-state index in [1.54, 1.807) is 25.1 Å². The minimum absolute atomic E-state index is 0.0971. The van der Waals surface area contributed by atoms with Crippen molar-refractivity contribution in [3.8, 4) is 0 Å². The number of fused-ring (bicyclic) bond motifs is 2. The van der Waals surface area contributed by atoms with Gasteiger partial charge in [-0.05, 0) is 42.8 Å². The lowest BCUT2D eigenvalue weighted by molar-refractivity contribution is -0.136. The van der Waals surface area contributed by atoms with Crippen molar-refractivity contribution in [1.29, 1.82) is 0 Å². The molecule has 6 nitrogen and oxygen atoms in total. The van der Waals surface area contributed by atoms with E-state index in [9.17, 15) is 22.7 Å². The summed E-state index contributed by atoms with van der Waals surface area (Å²) in [7, 11) is -0.348. The Kier molecular flexibility index (Phi) is 4.97. The van der Waals surface area contributed by atoms with Gasteiger partial charge in [0.25, 0.3) is 10.0 Å². The highest BCUT2D eigenvalue weighted by atomic mass is 32.2. The molecule has 0 aliphatic heterocycles. The highest BCUT2D eigenvalue weighted by molar-refractivity contribution is 7.90. The van der Waals surface area contributed by atoms with E-state index in [2.05, 4.69) is 0 Å². The normalized spacial score (nSPS) is 11.9. The second-order valence-electron chi connectivity index (χ2n) is 7.59. The molecule has 0 aliphatic rings. The van der Waals surface area contributed by atoms with Gasteiger partial charge in [0.1, 0.15) is 5.82 Å². The molecule has 0 spiro atoms. The molecule has 0 unspecified atom stereocenters. The third kappa shape index (κ3) is 3.33. The fourth-order valence-corrected chi connectivity index (χ4v) is 5.88. The molecule has 1 aromatic heterocycles. The van der Waals surface area contributed by atoms with Crippen LogP contribution in [0.1, 0.15) is 11.3 Å². The lowest BCUT2D eigenvalue weighted by atomic mass is 10.1. The van der Waals surface area contributed by atoms with E-state index in [-0.39, 0.29) is 27.1 Å². The molecule has 0 amide bonds. The van der Waals surface area contributed by atoms with Gasteiger partial charge in [0.2, 0.25) is 0 Å². The van der Waals surface area contributed by atoms with Gasteiger partial charge in [0.15, 0.2) is 0 Å². The average Bonchev–Trinajstić information content (AvgIpc) is 2.98. The van der Waals surface area contributed by atoms with Crippen molar-refractivity contribution in [3.63, 3.8) is 0 Å². The van der Waals surface area contributed by atoms with Crippen LogP contribution in [-0.4, -0.2) is 37.6 Å². The summed E-state index contributed by atoms with van der Waals surface area (Å²) in [4.78, 5) is 13.4. The Morgan fingerprint density at radius 1 is 1.03 bits per heavy atom. The summed E-state index contributed by atoms with van der Waals surface area (Å²) in [6, 6.07) is 14.2. The molecular formula is C23H21FN2O4S. The lowest BCUT2D eigenvalue weighted by Crippen LogP contribution is -2.16. The van der Waals surface area contributed by atoms with Gasteiger partial charge in [-0.1, -0.05) is 24.3 Å². The first-order chi connectivity index (χ1) is 14.6. The minimum Gasteiger partial charge on any atom is -0.481 e. The van der Waals surface area contributed by atoms with E-state index in [0.717, 1.165) is 15.0 Å². The van der Waals surface area contributed by atoms with Gasteiger partial charge in [-0.25, -0.2) is 16.8 Å².